The fourth-order valence-corrected chi connectivity index (χ4v) is 2.14. The topological polar surface area (TPSA) is 73.6 Å². The van der Waals surface area contributed by atoms with E-state index in [0.29, 0.717) is 12.0 Å². The monoisotopic (exact) mass is 224 g/mol. The van der Waals surface area contributed by atoms with Crippen molar-refractivity contribution in [2.24, 2.45) is 0 Å². The zero-order valence-corrected chi connectivity index (χ0v) is 8.79. The first kappa shape index (κ1) is 9.80. The number of fused-ring (bicyclic) bond motifs is 4. The minimum Gasteiger partial charge on any atom is -0.458 e. The average Bonchev–Trinajstić information content (AvgIpc) is 2.60. The van der Waals surface area contributed by atoms with Crippen LogP contribution < -0.4 is 10.3 Å². The number of aliphatic hydroxyl groups is 1. The molecule has 6 nitrogen and oxygen atoms in total. The molecule has 1 saturated heterocycles. The van der Waals surface area contributed by atoms with E-state index in [-0.39, 0.29) is 36.6 Å². The Bertz CT molecular complexity index is 484. The Balaban J connectivity index is 2.06. The summed E-state index contributed by atoms with van der Waals surface area (Å²) in [5.41, 5.74) is 0.273. The van der Waals surface area contributed by atoms with Crippen LogP contribution in [-0.4, -0.2) is 33.5 Å². The van der Waals surface area contributed by atoms with E-state index in [1.807, 2.05) is 0 Å². The molecular formula is C10H12N2O4. The van der Waals surface area contributed by atoms with Crippen molar-refractivity contribution < 1.29 is 14.6 Å². The van der Waals surface area contributed by atoms with Gasteiger partial charge in [-0.1, -0.05) is 0 Å². The van der Waals surface area contributed by atoms with Gasteiger partial charge in [-0.05, 0) is 6.92 Å². The molecule has 1 aromatic heterocycles. The van der Waals surface area contributed by atoms with Gasteiger partial charge in [0.2, 0.25) is 0 Å². The number of hydrogen-bond acceptors (Lipinski definition) is 5. The van der Waals surface area contributed by atoms with Crippen molar-refractivity contribution >= 4 is 0 Å². The highest BCUT2D eigenvalue weighted by molar-refractivity contribution is 5.12. The molecule has 3 atom stereocenters. The molecule has 6 heteroatoms. The quantitative estimate of drug-likeness (QED) is 0.702. The minimum absolute atomic E-state index is 0.0844. The molecule has 3 heterocycles. The third-order valence-electron chi connectivity index (χ3n) is 3.02. The summed E-state index contributed by atoms with van der Waals surface area (Å²) in [5.74, 6) is 0. The molecule has 1 fully saturated rings. The van der Waals surface area contributed by atoms with Crippen LogP contribution in [0, 0.1) is 6.92 Å². The standard InChI is InChI=1S/C10H12N2O4/c1-5-3-12-8-2-6(7(4-13)15-8)16-10(12)11-9(5)14/h3,6-8,13H,2,4H2,1H3/t6-,7-,8-/m0/s1. The van der Waals surface area contributed by atoms with Crippen LogP contribution in [0.3, 0.4) is 0 Å². The van der Waals surface area contributed by atoms with Gasteiger partial charge in [0.05, 0.1) is 6.61 Å². The summed E-state index contributed by atoms with van der Waals surface area (Å²) in [5, 5.41) is 9.10. The van der Waals surface area contributed by atoms with Crippen LogP contribution >= 0.6 is 0 Å². The largest absolute Gasteiger partial charge is 0.458 e. The molecule has 0 spiro atoms. The Morgan fingerprint density at radius 3 is 3.25 bits per heavy atom. The van der Waals surface area contributed by atoms with Gasteiger partial charge in [-0.15, -0.1) is 0 Å². The van der Waals surface area contributed by atoms with Crippen LogP contribution in [0.15, 0.2) is 11.0 Å². The molecule has 0 aromatic carbocycles. The molecule has 2 aliphatic heterocycles. The van der Waals surface area contributed by atoms with Crippen molar-refractivity contribution in [3.63, 3.8) is 0 Å². The molecule has 0 saturated carbocycles. The molecule has 1 aromatic rings. The Kier molecular flexibility index (Phi) is 2.02. The van der Waals surface area contributed by atoms with Crippen molar-refractivity contribution in [2.45, 2.75) is 31.8 Å². The van der Waals surface area contributed by atoms with Crippen LogP contribution in [0.4, 0.5) is 0 Å². The molecule has 16 heavy (non-hydrogen) atoms. The van der Waals surface area contributed by atoms with E-state index in [9.17, 15) is 4.79 Å². The van der Waals surface area contributed by atoms with Crippen molar-refractivity contribution in [1.29, 1.82) is 0 Å². The average molecular weight is 224 g/mol. The van der Waals surface area contributed by atoms with E-state index in [2.05, 4.69) is 4.98 Å². The summed E-state index contributed by atoms with van der Waals surface area (Å²) < 4.78 is 12.8. The maximum Gasteiger partial charge on any atom is 0.302 e. The third-order valence-corrected chi connectivity index (χ3v) is 3.02. The number of rotatable bonds is 1. The molecule has 0 aliphatic carbocycles. The molecule has 0 radical (unpaired) electrons. The number of nitrogens with zero attached hydrogens (tertiary/aromatic N) is 2. The fourth-order valence-electron chi connectivity index (χ4n) is 2.14. The number of aliphatic hydroxyl groups excluding tert-OH is 1. The number of aryl methyl sites for hydroxylation is 1. The van der Waals surface area contributed by atoms with Gasteiger partial charge in [0.15, 0.2) is 0 Å². The number of ether oxygens (including phenoxy) is 2. The maximum atomic E-state index is 11.4. The van der Waals surface area contributed by atoms with Gasteiger partial charge < -0.3 is 14.6 Å². The van der Waals surface area contributed by atoms with Crippen molar-refractivity contribution in [1.82, 2.24) is 9.55 Å². The van der Waals surface area contributed by atoms with E-state index in [1.165, 1.54) is 0 Å². The van der Waals surface area contributed by atoms with Gasteiger partial charge in [-0.2, -0.15) is 4.98 Å². The molecule has 3 rings (SSSR count). The zero-order chi connectivity index (χ0) is 11.3. The molecular weight excluding hydrogens is 212 g/mol. The second-order valence-corrected chi connectivity index (χ2v) is 4.12. The van der Waals surface area contributed by atoms with Crippen LogP contribution in [0.1, 0.15) is 18.2 Å². The maximum absolute atomic E-state index is 11.4. The van der Waals surface area contributed by atoms with E-state index in [1.54, 1.807) is 17.7 Å². The molecule has 86 valence electrons. The van der Waals surface area contributed by atoms with Gasteiger partial charge in [0.1, 0.15) is 18.4 Å². The van der Waals surface area contributed by atoms with Crippen LogP contribution in [0.2, 0.25) is 0 Å². The second-order valence-electron chi connectivity index (χ2n) is 4.12. The second kappa shape index (κ2) is 3.29. The molecule has 0 amide bonds. The minimum atomic E-state index is -0.331. The van der Waals surface area contributed by atoms with Crippen molar-refractivity contribution in [2.75, 3.05) is 6.61 Å². The van der Waals surface area contributed by atoms with Gasteiger partial charge in [0.25, 0.3) is 5.56 Å². The summed E-state index contributed by atoms with van der Waals surface area (Å²) in [4.78, 5) is 15.2. The van der Waals surface area contributed by atoms with Gasteiger partial charge in [0, 0.05) is 18.2 Å². The van der Waals surface area contributed by atoms with Crippen molar-refractivity contribution in [3.05, 3.63) is 22.1 Å². The molecule has 2 aliphatic rings. The fraction of sp³-hybridized carbons (Fsp3) is 0.600. The van der Waals surface area contributed by atoms with Crippen LogP contribution in [0.25, 0.3) is 0 Å². The molecule has 2 bridgehead atoms. The first-order valence-corrected chi connectivity index (χ1v) is 5.22. The molecule has 1 N–H and O–H groups in total. The first-order chi connectivity index (χ1) is 7.69. The van der Waals surface area contributed by atoms with E-state index in [0.717, 1.165) is 0 Å². The highest BCUT2D eigenvalue weighted by Gasteiger charge is 2.42. The zero-order valence-electron chi connectivity index (χ0n) is 8.79. The first-order valence-electron chi connectivity index (χ1n) is 5.22. The predicted octanol–water partition coefficient (Wildman–Crippen LogP) is -0.407. The lowest BCUT2D eigenvalue weighted by Gasteiger charge is -2.23. The highest BCUT2D eigenvalue weighted by Crippen LogP contribution is 2.37. The van der Waals surface area contributed by atoms with Crippen LogP contribution in [-0.2, 0) is 4.74 Å². The lowest BCUT2D eigenvalue weighted by molar-refractivity contribution is -0.0247. The van der Waals surface area contributed by atoms with E-state index >= 15 is 0 Å². The summed E-state index contributed by atoms with van der Waals surface area (Å²) in [6, 6.07) is 0.285. The Hall–Kier alpha value is -1.40. The molecule has 0 unspecified atom stereocenters. The predicted molar refractivity (Wildman–Crippen MR) is 53.3 cm³/mol. The summed E-state index contributed by atoms with van der Waals surface area (Å²) in [7, 11) is 0. The van der Waals surface area contributed by atoms with Gasteiger partial charge in [-0.3, -0.25) is 9.36 Å². The van der Waals surface area contributed by atoms with E-state index in [4.69, 9.17) is 14.6 Å². The smallest absolute Gasteiger partial charge is 0.302 e. The SMILES string of the molecule is Cc1cn2c(nc1=O)O[C@H]1C[C@@H]2O[C@H]1CO. The van der Waals surface area contributed by atoms with Gasteiger partial charge >= 0.3 is 6.01 Å². The summed E-state index contributed by atoms with van der Waals surface area (Å²) in [6.07, 6.45) is 1.65. The third kappa shape index (κ3) is 1.27. The normalized spacial score (nSPS) is 31.0. The lowest BCUT2D eigenvalue weighted by Crippen LogP contribution is -2.33. The summed E-state index contributed by atoms with van der Waals surface area (Å²) in [6.45, 7) is 1.62. The lowest BCUT2D eigenvalue weighted by atomic mass is 10.1. The number of aromatic nitrogens is 2. The Morgan fingerprint density at radius 2 is 2.50 bits per heavy atom. The van der Waals surface area contributed by atoms with E-state index < -0.39 is 0 Å². The number of hydrogen-bond donors (Lipinski definition) is 1. The van der Waals surface area contributed by atoms with Crippen molar-refractivity contribution in [3.8, 4) is 6.01 Å². The Morgan fingerprint density at radius 1 is 1.69 bits per heavy atom. The van der Waals surface area contributed by atoms with Gasteiger partial charge in [-0.25, -0.2) is 0 Å². The highest BCUT2D eigenvalue weighted by atomic mass is 16.6. The Labute approximate surface area is 91.4 Å². The summed E-state index contributed by atoms with van der Waals surface area (Å²) >= 11 is 0. The van der Waals surface area contributed by atoms with Crippen LogP contribution in [0.5, 0.6) is 6.01 Å².